The maximum atomic E-state index is 14.6. The maximum Gasteiger partial charge on any atom is 0.332 e. The van der Waals surface area contributed by atoms with Crippen molar-refractivity contribution < 1.29 is 31.8 Å². The highest BCUT2D eigenvalue weighted by Gasteiger charge is 2.13. The van der Waals surface area contributed by atoms with Crippen LogP contribution >= 0.6 is 0 Å². The predicted molar refractivity (Wildman–Crippen MR) is 139 cm³/mol. The summed E-state index contributed by atoms with van der Waals surface area (Å²) in [5.41, 5.74) is 8.67. The minimum Gasteiger partial charge on any atom is -0.456 e. The molecule has 0 saturated carbocycles. The number of aryl methyl sites for hydroxylation is 2. The number of sulfonamides is 1. The molecule has 2 rings (SSSR count). The van der Waals surface area contributed by atoms with Crippen LogP contribution in [0.1, 0.15) is 30.0 Å². The Labute approximate surface area is 216 Å². The van der Waals surface area contributed by atoms with Crippen LogP contribution in [0.15, 0.2) is 51.3 Å². The van der Waals surface area contributed by atoms with Crippen molar-refractivity contribution in [2.24, 2.45) is 20.9 Å². The molecule has 0 amide bonds. The number of hydrogen-bond acceptors (Lipinski definition) is 7. The van der Waals surface area contributed by atoms with E-state index in [4.69, 9.17) is 25.1 Å². The SMILES string of the molecule is CCCOCCOCC(=O)OCC(N)=NC(Cc1cc(C)ccc1C)=Nc1ccc(S(N)(=O)=O)cc1F. The summed E-state index contributed by atoms with van der Waals surface area (Å²) in [6.45, 7) is 6.48. The van der Waals surface area contributed by atoms with Gasteiger partial charge in [0.15, 0.2) is 0 Å². The molecule has 0 aliphatic carbocycles. The van der Waals surface area contributed by atoms with E-state index >= 15 is 0 Å². The van der Waals surface area contributed by atoms with Crippen LogP contribution in [0.3, 0.4) is 0 Å². The molecular formula is C25H33FN4O6S. The van der Waals surface area contributed by atoms with Gasteiger partial charge in [0.2, 0.25) is 10.0 Å². The van der Waals surface area contributed by atoms with Crippen LogP contribution in [0.4, 0.5) is 10.1 Å². The van der Waals surface area contributed by atoms with E-state index in [0.717, 1.165) is 35.2 Å². The van der Waals surface area contributed by atoms with Gasteiger partial charge in [-0.1, -0.05) is 30.7 Å². The van der Waals surface area contributed by atoms with Crippen LogP contribution in [0.2, 0.25) is 0 Å². The monoisotopic (exact) mass is 536 g/mol. The number of nitrogens with two attached hydrogens (primary N) is 2. The van der Waals surface area contributed by atoms with Gasteiger partial charge in [0, 0.05) is 13.0 Å². The van der Waals surface area contributed by atoms with Gasteiger partial charge in [0.05, 0.1) is 18.1 Å². The summed E-state index contributed by atoms with van der Waals surface area (Å²) >= 11 is 0. The summed E-state index contributed by atoms with van der Waals surface area (Å²) in [6, 6.07) is 8.95. The van der Waals surface area contributed by atoms with Gasteiger partial charge < -0.3 is 19.9 Å². The third kappa shape index (κ3) is 10.8. The maximum absolute atomic E-state index is 14.6. The van der Waals surface area contributed by atoms with Crippen LogP contribution in [-0.2, 0) is 35.4 Å². The topological polar surface area (TPSA) is 156 Å². The van der Waals surface area contributed by atoms with E-state index < -0.39 is 21.8 Å². The van der Waals surface area contributed by atoms with Crippen LogP contribution in [0.5, 0.6) is 0 Å². The number of aliphatic imine (C=N–C) groups is 2. The van der Waals surface area contributed by atoms with Crippen molar-refractivity contribution in [2.45, 2.75) is 38.5 Å². The molecule has 0 heterocycles. The molecule has 0 radical (unpaired) electrons. The van der Waals surface area contributed by atoms with E-state index in [1.807, 2.05) is 39.0 Å². The fourth-order valence-corrected chi connectivity index (χ4v) is 3.60. The summed E-state index contributed by atoms with van der Waals surface area (Å²) < 4.78 is 53.2. The summed E-state index contributed by atoms with van der Waals surface area (Å²) in [7, 11) is -4.08. The zero-order valence-electron chi connectivity index (χ0n) is 21.2. The second-order valence-electron chi connectivity index (χ2n) is 8.22. The van der Waals surface area contributed by atoms with E-state index in [2.05, 4.69) is 9.98 Å². The lowest BCUT2D eigenvalue weighted by Gasteiger charge is -2.10. The van der Waals surface area contributed by atoms with Crippen molar-refractivity contribution in [1.82, 2.24) is 0 Å². The minimum atomic E-state index is -4.08. The average Bonchev–Trinajstić information content (AvgIpc) is 2.83. The van der Waals surface area contributed by atoms with E-state index in [1.165, 1.54) is 6.07 Å². The van der Waals surface area contributed by atoms with Crippen molar-refractivity contribution >= 4 is 33.4 Å². The Morgan fingerprint density at radius 2 is 1.76 bits per heavy atom. The first-order valence-electron chi connectivity index (χ1n) is 11.6. The third-order valence-electron chi connectivity index (χ3n) is 4.94. The van der Waals surface area contributed by atoms with Gasteiger partial charge in [0.1, 0.15) is 36.4 Å². The van der Waals surface area contributed by atoms with Gasteiger partial charge in [-0.15, -0.1) is 0 Å². The van der Waals surface area contributed by atoms with Gasteiger partial charge in [-0.05, 0) is 49.6 Å². The van der Waals surface area contributed by atoms with Crippen molar-refractivity contribution in [3.63, 3.8) is 0 Å². The highest BCUT2D eigenvalue weighted by molar-refractivity contribution is 7.89. The van der Waals surface area contributed by atoms with E-state index in [1.54, 1.807) is 0 Å². The fourth-order valence-electron chi connectivity index (χ4n) is 3.07. The predicted octanol–water partition coefficient (Wildman–Crippen LogP) is 2.71. The fraction of sp³-hybridized carbons (Fsp3) is 0.400. The molecule has 0 spiro atoms. The van der Waals surface area contributed by atoms with Crippen molar-refractivity contribution in [3.05, 3.63) is 58.9 Å². The van der Waals surface area contributed by atoms with Gasteiger partial charge in [0.25, 0.3) is 0 Å². The van der Waals surface area contributed by atoms with Gasteiger partial charge in [-0.2, -0.15) is 0 Å². The second-order valence-corrected chi connectivity index (χ2v) is 9.78. The Hall–Kier alpha value is -3.19. The number of rotatable bonds is 13. The number of primary sulfonamides is 1. The lowest BCUT2D eigenvalue weighted by Crippen LogP contribution is -2.25. The zero-order chi connectivity index (χ0) is 27.4. The highest BCUT2D eigenvalue weighted by atomic mass is 32.2. The van der Waals surface area contributed by atoms with E-state index in [0.29, 0.717) is 13.2 Å². The normalized spacial score (nSPS) is 12.6. The highest BCUT2D eigenvalue weighted by Crippen LogP contribution is 2.22. The summed E-state index contributed by atoms with van der Waals surface area (Å²) in [5.74, 6) is -1.46. The molecule has 37 heavy (non-hydrogen) atoms. The number of amidine groups is 2. The molecule has 10 nitrogen and oxygen atoms in total. The molecule has 0 aliphatic rings. The molecule has 2 aromatic carbocycles. The molecule has 0 aromatic heterocycles. The number of hydrogen-bond donors (Lipinski definition) is 2. The first kappa shape index (κ1) is 30.0. The molecule has 0 unspecified atom stereocenters. The molecule has 0 bridgehead atoms. The smallest absolute Gasteiger partial charge is 0.332 e. The van der Waals surface area contributed by atoms with Gasteiger partial charge in [-0.3, -0.25) is 0 Å². The number of benzene rings is 2. The standard InChI is InChI=1S/C25H33FN4O6S/c1-4-9-34-10-11-35-16-25(31)36-15-23(27)30-24(13-19-12-17(2)5-6-18(19)3)29-22-8-7-20(14-21(22)26)37(28,32)33/h5-8,12,14H,4,9-11,13,15-16H2,1-3H3,(H2,27,29,30)(H2,28,32,33). The molecule has 0 saturated heterocycles. The molecule has 12 heteroatoms. The molecule has 0 atom stereocenters. The number of ether oxygens (including phenoxy) is 3. The summed E-state index contributed by atoms with van der Waals surface area (Å²) in [6.07, 6.45) is 1.09. The summed E-state index contributed by atoms with van der Waals surface area (Å²) in [4.78, 5) is 20.0. The molecular weight excluding hydrogens is 503 g/mol. The van der Waals surface area contributed by atoms with Crippen LogP contribution in [-0.4, -0.2) is 59.1 Å². The van der Waals surface area contributed by atoms with Crippen LogP contribution < -0.4 is 10.9 Å². The number of carbonyl (C=O) groups is 1. The first-order valence-corrected chi connectivity index (χ1v) is 13.1. The quantitative estimate of drug-likeness (QED) is 0.173. The number of halogens is 1. The van der Waals surface area contributed by atoms with Crippen LogP contribution in [0.25, 0.3) is 0 Å². The molecule has 0 fully saturated rings. The Kier molecular flexibility index (Phi) is 11.8. The number of carbonyl (C=O) groups excluding carboxylic acids is 1. The molecule has 4 N–H and O–H groups in total. The van der Waals surface area contributed by atoms with Crippen molar-refractivity contribution in [2.75, 3.05) is 33.0 Å². The van der Waals surface area contributed by atoms with Gasteiger partial charge in [-0.25, -0.2) is 32.7 Å². The van der Waals surface area contributed by atoms with E-state index in [9.17, 15) is 17.6 Å². The number of esters is 1. The lowest BCUT2D eigenvalue weighted by atomic mass is 10.0. The first-order chi connectivity index (χ1) is 17.5. The second kappa shape index (κ2) is 14.5. The lowest BCUT2D eigenvalue weighted by molar-refractivity contribution is -0.147. The Bertz CT molecular complexity index is 1250. The van der Waals surface area contributed by atoms with Crippen LogP contribution in [0, 0.1) is 19.7 Å². The summed E-state index contributed by atoms with van der Waals surface area (Å²) in [5, 5.41) is 5.07. The average molecular weight is 537 g/mol. The molecule has 2 aromatic rings. The molecule has 202 valence electrons. The number of nitrogens with zero attached hydrogens (tertiary/aromatic N) is 2. The van der Waals surface area contributed by atoms with E-state index in [-0.39, 0.29) is 48.5 Å². The Balaban J connectivity index is 2.18. The third-order valence-corrected chi connectivity index (χ3v) is 5.86. The van der Waals surface area contributed by atoms with Crippen molar-refractivity contribution in [3.8, 4) is 0 Å². The zero-order valence-corrected chi connectivity index (χ0v) is 22.0. The Morgan fingerprint density at radius 1 is 1.03 bits per heavy atom. The van der Waals surface area contributed by atoms with Crippen molar-refractivity contribution in [1.29, 1.82) is 0 Å². The van der Waals surface area contributed by atoms with Gasteiger partial charge >= 0.3 is 5.97 Å². The largest absolute Gasteiger partial charge is 0.456 e. The Morgan fingerprint density at radius 3 is 2.43 bits per heavy atom. The molecule has 0 aliphatic heterocycles. The minimum absolute atomic E-state index is 0.0646.